The summed E-state index contributed by atoms with van der Waals surface area (Å²) in [5.41, 5.74) is 0.132. The number of hydrogen-bond donors (Lipinski definition) is 1. The molecule has 6 heteroatoms. The fourth-order valence-corrected chi connectivity index (χ4v) is 2.63. The lowest BCUT2D eigenvalue weighted by Gasteiger charge is -2.26. The number of amides is 1. The molecule has 0 radical (unpaired) electrons. The van der Waals surface area contributed by atoms with E-state index in [0.717, 1.165) is 12.8 Å². The van der Waals surface area contributed by atoms with Crippen LogP contribution in [-0.4, -0.2) is 22.6 Å². The van der Waals surface area contributed by atoms with Crippen LogP contribution in [-0.2, 0) is 23.1 Å². The van der Waals surface area contributed by atoms with E-state index in [0.29, 0.717) is 43.1 Å². The second kappa shape index (κ2) is 8.74. The van der Waals surface area contributed by atoms with Crippen molar-refractivity contribution in [2.45, 2.75) is 58.3 Å². The fourth-order valence-electron chi connectivity index (χ4n) is 2.63. The minimum absolute atomic E-state index is 0.0577. The van der Waals surface area contributed by atoms with Crippen LogP contribution in [0.5, 0.6) is 0 Å². The summed E-state index contributed by atoms with van der Waals surface area (Å²) in [6.07, 6.45) is 3.37. The van der Waals surface area contributed by atoms with Gasteiger partial charge in [0.25, 0.3) is 0 Å². The van der Waals surface area contributed by atoms with Crippen molar-refractivity contribution in [2.75, 3.05) is 6.54 Å². The van der Waals surface area contributed by atoms with Gasteiger partial charge in [-0.05, 0) is 24.5 Å². The molecule has 0 unspecified atom stereocenters. The predicted molar refractivity (Wildman–Crippen MR) is 93.7 cm³/mol. The Bertz CT molecular complexity index is 697. The zero-order chi connectivity index (χ0) is 18.3. The Morgan fingerprint density at radius 3 is 2.76 bits per heavy atom. The van der Waals surface area contributed by atoms with Crippen molar-refractivity contribution in [1.82, 2.24) is 15.5 Å². The molecule has 1 N–H and O–H groups in total. The zero-order valence-corrected chi connectivity index (χ0v) is 15.1. The normalized spacial score (nSPS) is 11.5. The summed E-state index contributed by atoms with van der Waals surface area (Å²) < 4.78 is 19.1. The molecule has 25 heavy (non-hydrogen) atoms. The van der Waals surface area contributed by atoms with Gasteiger partial charge < -0.3 is 9.84 Å². The maximum atomic E-state index is 13.9. The molecule has 2 rings (SSSR count). The van der Waals surface area contributed by atoms with Crippen LogP contribution in [0, 0.1) is 5.82 Å². The molecular formula is C19H26FN3O2. The molecule has 0 saturated heterocycles. The van der Waals surface area contributed by atoms with Crippen LogP contribution in [0.1, 0.15) is 57.3 Å². The van der Waals surface area contributed by atoms with Crippen molar-refractivity contribution < 1.29 is 13.7 Å². The van der Waals surface area contributed by atoms with Crippen LogP contribution in [0.2, 0.25) is 0 Å². The molecule has 0 bridgehead atoms. The van der Waals surface area contributed by atoms with Crippen LogP contribution < -0.4 is 5.32 Å². The number of rotatable bonds is 9. The predicted octanol–water partition coefficient (Wildman–Crippen LogP) is 3.58. The first-order valence-electron chi connectivity index (χ1n) is 8.75. The van der Waals surface area contributed by atoms with Gasteiger partial charge in [-0.2, -0.15) is 4.98 Å². The minimum Gasteiger partial charge on any atom is -0.355 e. The maximum Gasteiger partial charge on any atom is 0.226 e. The van der Waals surface area contributed by atoms with Gasteiger partial charge >= 0.3 is 0 Å². The van der Waals surface area contributed by atoms with Gasteiger partial charge in [-0.3, -0.25) is 4.79 Å². The van der Waals surface area contributed by atoms with Crippen LogP contribution in [0.25, 0.3) is 0 Å². The van der Waals surface area contributed by atoms with E-state index >= 15 is 0 Å². The van der Waals surface area contributed by atoms with E-state index in [9.17, 15) is 9.18 Å². The molecule has 1 aromatic heterocycles. The van der Waals surface area contributed by atoms with E-state index in [-0.39, 0.29) is 11.7 Å². The maximum absolute atomic E-state index is 13.9. The van der Waals surface area contributed by atoms with Crippen molar-refractivity contribution >= 4 is 5.91 Å². The summed E-state index contributed by atoms with van der Waals surface area (Å²) in [6, 6.07) is 6.66. The molecule has 0 atom stereocenters. The van der Waals surface area contributed by atoms with Gasteiger partial charge in [0, 0.05) is 31.2 Å². The smallest absolute Gasteiger partial charge is 0.226 e. The summed E-state index contributed by atoms with van der Waals surface area (Å²) in [4.78, 5) is 16.3. The Balaban J connectivity index is 1.75. The molecule has 0 saturated carbocycles. The summed E-state index contributed by atoms with van der Waals surface area (Å²) >= 11 is 0. The molecule has 2 aromatic rings. The first kappa shape index (κ1) is 19.1. The number of carbonyl (C=O) groups is 1. The van der Waals surface area contributed by atoms with Crippen molar-refractivity contribution in [3.63, 3.8) is 0 Å². The van der Waals surface area contributed by atoms with Crippen molar-refractivity contribution in [1.29, 1.82) is 0 Å². The summed E-state index contributed by atoms with van der Waals surface area (Å²) in [6.45, 7) is 6.27. The minimum atomic E-state index is -0.470. The quantitative estimate of drug-likeness (QED) is 0.753. The van der Waals surface area contributed by atoms with E-state index in [2.05, 4.69) is 22.4 Å². The number of nitrogens with zero attached hydrogens (tertiary/aromatic N) is 2. The average molecular weight is 347 g/mol. The van der Waals surface area contributed by atoms with Crippen molar-refractivity contribution in [3.05, 3.63) is 47.4 Å². The highest BCUT2D eigenvalue weighted by Gasteiger charge is 2.24. The molecule has 1 heterocycles. The molecule has 1 amide bonds. The largest absolute Gasteiger partial charge is 0.355 e. The average Bonchev–Trinajstić information content (AvgIpc) is 3.01. The third-order valence-electron chi connectivity index (χ3n) is 4.11. The first-order chi connectivity index (χ1) is 11.9. The van der Waals surface area contributed by atoms with E-state index in [1.165, 1.54) is 6.07 Å². The van der Waals surface area contributed by atoms with Gasteiger partial charge in [-0.25, -0.2) is 4.39 Å². The molecular weight excluding hydrogens is 321 g/mol. The van der Waals surface area contributed by atoms with E-state index < -0.39 is 5.41 Å². The van der Waals surface area contributed by atoms with Crippen molar-refractivity contribution in [2.24, 2.45) is 0 Å². The SMILES string of the molecule is CCCc1noc(CCCC(=O)NCC(C)(C)c2ccccc2F)n1. The molecule has 5 nitrogen and oxygen atoms in total. The van der Waals surface area contributed by atoms with Gasteiger partial charge in [-0.15, -0.1) is 0 Å². The Labute approximate surface area is 148 Å². The molecule has 1 aromatic carbocycles. The van der Waals surface area contributed by atoms with Crippen LogP contribution in [0.3, 0.4) is 0 Å². The number of nitrogens with one attached hydrogen (secondary N) is 1. The summed E-state index contributed by atoms with van der Waals surface area (Å²) in [5, 5.41) is 6.78. The fraction of sp³-hybridized carbons (Fsp3) is 0.526. The van der Waals surface area contributed by atoms with Crippen LogP contribution in [0.15, 0.2) is 28.8 Å². The molecule has 0 aliphatic rings. The highest BCUT2D eigenvalue weighted by atomic mass is 19.1. The summed E-state index contributed by atoms with van der Waals surface area (Å²) in [7, 11) is 0. The molecule has 136 valence electrons. The molecule has 0 aliphatic heterocycles. The summed E-state index contributed by atoms with van der Waals surface area (Å²) in [5.74, 6) is 0.982. The number of aryl methyl sites for hydroxylation is 2. The number of carbonyl (C=O) groups excluding carboxylic acids is 1. The Morgan fingerprint density at radius 1 is 1.28 bits per heavy atom. The standard InChI is InChI=1S/C19H26FN3O2/c1-4-8-16-22-18(25-23-16)12-7-11-17(24)21-13-19(2,3)14-9-5-6-10-15(14)20/h5-6,9-10H,4,7-8,11-13H2,1-3H3,(H,21,24). The number of aromatic nitrogens is 2. The van der Waals surface area contributed by atoms with Gasteiger partial charge in [0.15, 0.2) is 5.82 Å². The zero-order valence-electron chi connectivity index (χ0n) is 15.1. The third-order valence-corrected chi connectivity index (χ3v) is 4.11. The van der Waals surface area contributed by atoms with Crippen molar-refractivity contribution in [3.8, 4) is 0 Å². The monoisotopic (exact) mass is 347 g/mol. The number of benzene rings is 1. The third kappa shape index (κ3) is 5.66. The van der Waals surface area contributed by atoms with E-state index in [1.54, 1.807) is 18.2 Å². The topological polar surface area (TPSA) is 68.0 Å². The number of halogens is 1. The highest BCUT2D eigenvalue weighted by molar-refractivity contribution is 5.76. The van der Waals surface area contributed by atoms with Gasteiger partial charge in [0.05, 0.1) is 0 Å². The van der Waals surface area contributed by atoms with Gasteiger partial charge in [-0.1, -0.05) is 44.1 Å². The van der Waals surface area contributed by atoms with E-state index in [4.69, 9.17) is 4.52 Å². The second-order valence-corrected chi connectivity index (χ2v) is 6.85. The molecule has 0 spiro atoms. The lowest BCUT2D eigenvalue weighted by atomic mass is 9.84. The Kier molecular flexibility index (Phi) is 6.67. The molecule has 0 fully saturated rings. The van der Waals surface area contributed by atoms with Crippen LogP contribution >= 0.6 is 0 Å². The lowest BCUT2D eigenvalue weighted by molar-refractivity contribution is -0.121. The lowest BCUT2D eigenvalue weighted by Crippen LogP contribution is -2.37. The second-order valence-electron chi connectivity index (χ2n) is 6.85. The highest BCUT2D eigenvalue weighted by Crippen LogP contribution is 2.24. The van der Waals surface area contributed by atoms with Gasteiger partial charge in [0.2, 0.25) is 11.8 Å². The Morgan fingerprint density at radius 2 is 2.04 bits per heavy atom. The van der Waals surface area contributed by atoms with E-state index in [1.807, 2.05) is 13.8 Å². The first-order valence-corrected chi connectivity index (χ1v) is 8.75. The van der Waals surface area contributed by atoms with Gasteiger partial charge in [0.1, 0.15) is 5.82 Å². The number of hydrogen-bond acceptors (Lipinski definition) is 4. The Hall–Kier alpha value is -2.24. The molecule has 0 aliphatic carbocycles. The van der Waals surface area contributed by atoms with Crippen LogP contribution in [0.4, 0.5) is 4.39 Å².